The van der Waals surface area contributed by atoms with Crippen LogP contribution in [-0.4, -0.2) is 32.3 Å². The molecular formula is C25H19N5O4S. The molecule has 3 aromatic carbocycles. The number of benzene rings is 3. The van der Waals surface area contributed by atoms with Gasteiger partial charge in [-0.15, -0.1) is 0 Å². The average Bonchev–Trinajstić information content (AvgIpc) is 2.88. The second-order valence-corrected chi connectivity index (χ2v) is 8.11. The summed E-state index contributed by atoms with van der Waals surface area (Å²) in [5, 5.41) is 15.8. The summed E-state index contributed by atoms with van der Waals surface area (Å²) in [5.41, 5.74) is 3.77. The van der Waals surface area contributed by atoms with Gasteiger partial charge in [0.1, 0.15) is 0 Å². The van der Waals surface area contributed by atoms with Crippen LogP contribution in [0.4, 0.5) is 5.69 Å². The summed E-state index contributed by atoms with van der Waals surface area (Å²) in [7, 11) is 0. The van der Waals surface area contributed by atoms with Gasteiger partial charge in [0.15, 0.2) is 5.16 Å². The fourth-order valence-electron chi connectivity index (χ4n) is 3.27. The van der Waals surface area contributed by atoms with E-state index in [1.165, 1.54) is 29.0 Å². The van der Waals surface area contributed by atoms with E-state index < -0.39 is 10.8 Å². The molecule has 9 nitrogen and oxygen atoms in total. The van der Waals surface area contributed by atoms with Crippen LogP contribution in [0, 0.1) is 10.1 Å². The Labute approximate surface area is 204 Å². The number of thioether (sulfide) groups is 1. The number of nitrogens with one attached hydrogen (secondary N) is 1. The molecule has 0 spiro atoms. The Hall–Kier alpha value is -4.57. The van der Waals surface area contributed by atoms with E-state index in [1.807, 2.05) is 18.2 Å². The number of hydrazone groups is 1. The second-order valence-electron chi connectivity index (χ2n) is 7.16. The lowest BCUT2D eigenvalue weighted by Gasteiger charge is -2.12. The van der Waals surface area contributed by atoms with Crippen molar-refractivity contribution < 1.29 is 9.72 Å². The molecule has 1 aromatic heterocycles. The molecule has 0 aliphatic rings. The number of para-hydroxylation sites is 3. The van der Waals surface area contributed by atoms with Crippen LogP contribution in [-0.2, 0) is 4.79 Å². The number of carbonyl (C=O) groups excluding carboxylic acids is 1. The molecule has 0 fully saturated rings. The number of hydrogen-bond acceptors (Lipinski definition) is 7. The summed E-state index contributed by atoms with van der Waals surface area (Å²) in [4.78, 5) is 40.6. The Balaban J connectivity index is 1.46. The maximum absolute atomic E-state index is 13.2. The molecule has 35 heavy (non-hydrogen) atoms. The minimum Gasteiger partial charge on any atom is -0.272 e. The quantitative estimate of drug-likeness (QED) is 0.131. The third-order valence-corrected chi connectivity index (χ3v) is 5.79. The van der Waals surface area contributed by atoms with E-state index in [9.17, 15) is 19.7 Å². The Morgan fingerprint density at radius 1 is 1.06 bits per heavy atom. The third-order valence-electron chi connectivity index (χ3n) is 4.85. The number of allylic oxidation sites excluding steroid dienone is 1. The van der Waals surface area contributed by atoms with Crippen LogP contribution in [0.3, 0.4) is 0 Å². The summed E-state index contributed by atoms with van der Waals surface area (Å²) in [5.74, 6) is -0.421. The van der Waals surface area contributed by atoms with Crippen LogP contribution in [0.25, 0.3) is 22.7 Å². The summed E-state index contributed by atoms with van der Waals surface area (Å²) in [6.45, 7) is 0. The van der Waals surface area contributed by atoms with Crippen LogP contribution >= 0.6 is 11.8 Å². The molecule has 1 N–H and O–H groups in total. The molecule has 0 aliphatic carbocycles. The van der Waals surface area contributed by atoms with Crippen LogP contribution in [0.15, 0.2) is 100.0 Å². The van der Waals surface area contributed by atoms with Crippen molar-refractivity contribution >= 4 is 46.5 Å². The highest BCUT2D eigenvalue weighted by atomic mass is 32.2. The number of aromatic nitrogens is 2. The fraction of sp³-hybridized carbons (Fsp3) is 0.0400. The molecular weight excluding hydrogens is 466 g/mol. The lowest BCUT2D eigenvalue weighted by molar-refractivity contribution is -0.385. The van der Waals surface area contributed by atoms with Crippen LogP contribution in [0.5, 0.6) is 0 Å². The van der Waals surface area contributed by atoms with Gasteiger partial charge in [0.2, 0.25) is 0 Å². The molecule has 0 unspecified atom stereocenters. The summed E-state index contributed by atoms with van der Waals surface area (Å²) in [6, 6.07) is 22.5. The van der Waals surface area contributed by atoms with Crippen molar-refractivity contribution in [3.8, 4) is 5.69 Å². The zero-order valence-corrected chi connectivity index (χ0v) is 19.1. The van der Waals surface area contributed by atoms with E-state index in [4.69, 9.17) is 0 Å². The number of nitro benzene ring substituents is 1. The van der Waals surface area contributed by atoms with Crippen molar-refractivity contribution in [2.45, 2.75) is 5.16 Å². The predicted octanol–water partition coefficient (Wildman–Crippen LogP) is 4.20. The lowest BCUT2D eigenvalue weighted by atomic mass is 10.2. The Morgan fingerprint density at radius 3 is 2.57 bits per heavy atom. The van der Waals surface area contributed by atoms with Crippen molar-refractivity contribution in [3.05, 3.63) is 111 Å². The molecule has 1 amide bonds. The highest BCUT2D eigenvalue weighted by Gasteiger charge is 2.14. The van der Waals surface area contributed by atoms with Crippen molar-refractivity contribution in [3.63, 3.8) is 0 Å². The van der Waals surface area contributed by atoms with E-state index in [1.54, 1.807) is 54.6 Å². The standard InChI is InChI=1S/C25H19N5O4S/c31-23(28-26-16-8-10-18-9-4-7-15-22(18)30(33)34)17-35-25-27-21-14-6-5-13-20(21)24(32)29(25)19-11-2-1-3-12-19/h1-16H,17H2,(H,28,31)/b10-8+,26-16?. The first-order valence-electron chi connectivity index (χ1n) is 10.5. The Morgan fingerprint density at radius 2 is 1.77 bits per heavy atom. The van der Waals surface area contributed by atoms with E-state index >= 15 is 0 Å². The third kappa shape index (κ3) is 5.68. The molecule has 1 heterocycles. The molecule has 0 radical (unpaired) electrons. The molecule has 4 aromatic rings. The Bertz CT molecular complexity index is 1500. The minimum atomic E-state index is -0.467. The van der Waals surface area contributed by atoms with Gasteiger partial charge in [0.05, 0.1) is 32.8 Å². The van der Waals surface area contributed by atoms with Crippen LogP contribution in [0.2, 0.25) is 0 Å². The number of nitro groups is 1. The van der Waals surface area contributed by atoms with Gasteiger partial charge in [-0.25, -0.2) is 10.4 Å². The lowest BCUT2D eigenvalue weighted by Crippen LogP contribution is -2.24. The van der Waals surface area contributed by atoms with Crippen molar-refractivity contribution in [1.29, 1.82) is 0 Å². The fourth-order valence-corrected chi connectivity index (χ4v) is 4.08. The van der Waals surface area contributed by atoms with Gasteiger partial charge in [-0.3, -0.25) is 24.3 Å². The van der Waals surface area contributed by atoms with Gasteiger partial charge in [-0.05, 0) is 42.5 Å². The minimum absolute atomic E-state index is 0.0232. The Kier molecular flexibility index (Phi) is 7.44. The molecule has 4 rings (SSSR count). The zero-order valence-electron chi connectivity index (χ0n) is 18.3. The summed E-state index contributed by atoms with van der Waals surface area (Å²) < 4.78 is 1.49. The summed E-state index contributed by atoms with van der Waals surface area (Å²) in [6.07, 6.45) is 4.35. The van der Waals surface area contributed by atoms with Crippen molar-refractivity contribution in [1.82, 2.24) is 15.0 Å². The number of hydrogen-bond donors (Lipinski definition) is 1. The van der Waals surface area contributed by atoms with Gasteiger partial charge < -0.3 is 0 Å². The first-order chi connectivity index (χ1) is 17.0. The number of rotatable bonds is 8. The van der Waals surface area contributed by atoms with Crippen LogP contribution < -0.4 is 11.0 Å². The maximum atomic E-state index is 13.2. The smallest absolute Gasteiger partial charge is 0.272 e. The highest BCUT2D eigenvalue weighted by molar-refractivity contribution is 7.99. The number of amides is 1. The largest absolute Gasteiger partial charge is 0.276 e. The first kappa shape index (κ1) is 23.6. The zero-order chi connectivity index (χ0) is 24.6. The first-order valence-corrected chi connectivity index (χ1v) is 11.4. The summed E-state index contributed by atoms with van der Waals surface area (Å²) >= 11 is 1.12. The maximum Gasteiger partial charge on any atom is 0.276 e. The second kappa shape index (κ2) is 11.0. The number of fused-ring (bicyclic) bond motifs is 1. The van der Waals surface area contributed by atoms with E-state index in [0.717, 1.165) is 11.8 Å². The molecule has 0 atom stereocenters. The van der Waals surface area contributed by atoms with Crippen molar-refractivity contribution in [2.24, 2.45) is 5.10 Å². The number of nitrogens with zero attached hydrogens (tertiary/aromatic N) is 4. The molecule has 0 bridgehead atoms. The van der Waals surface area contributed by atoms with Crippen LogP contribution in [0.1, 0.15) is 5.56 Å². The number of carbonyl (C=O) groups is 1. The molecule has 174 valence electrons. The molecule has 0 saturated carbocycles. The molecule has 0 aliphatic heterocycles. The predicted molar refractivity (Wildman–Crippen MR) is 137 cm³/mol. The normalized spacial score (nSPS) is 11.3. The van der Waals surface area contributed by atoms with Gasteiger partial charge >= 0.3 is 0 Å². The van der Waals surface area contributed by atoms with Gasteiger partial charge in [0, 0.05) is 12.3 Å². The van der Waals surface area contributed by atoms with Crippen molar-refractivity contribution in [2.75, 3.05) is 5.75 Å². The van der Waals surface area contributed by atoms with E-state index in [2.05, 4.69) is 15.5 Å². The topological polar surface area (TPSA) is 119 Å². The monoisotopic (exact) mass is 485 g/mol. The van der Waals surface area contributed by atoms with E-state index in [-0.39, 0.29) is 17.0 Å². The van der Waals surface area contributed by atoms with Gasteiger partial charge in [-0.2, -0.15) is 5.10 Å². The average molecular weight is 486 g/mol. The SMILES string of the molecule is O=C(CSc1nc2ccccc2c(=O)n1-c1ccccc1)NN=C/C=C/c1ccccc1[N+](=O)[O-]. The van der Waals surface area contributed by atoms with E-state index in [0.29, 0.717) is 27.3 Å². The van der Waals surface area contributed by atoms with Gasteiger partial charge in [0.25, 0.3) is 17.2 Å². The highest BCUT2D eigenvalue weighted by Crippen LogP contribution is 2.21. The van der Waals surface area contributed by atoms with Gasteiger partial charge in [-0.1, -0.05) is 54.2 Å². The molecule has 10 heteroatoms. The molecule has 0 saturated heterocycles.